The zero-order valence-electron chi connectivity index (χ0n) is 28.4. The Kier molecular flexibility index (Phi) is 6.53. The molecule has 240 valence electrons. The molecule has 0 saturated carbocycles. The quantitative estimate of drug-likeness (QED) is 0.178. The smallest absolute Gasteiger partial charge is 0.160 e. The molecule has 3 nitrogen and oxygen atoms in total. The van der Waals surface area contributed by atoms with Gasteiger partial charge in [-0.2, -0.15) is 0 Å². The molecule has 0 unspecified atom stereocenters. The van der Waals surface area contributed by atoms with Crippen LogP contribution in [-0.2, 0) is 5.41 Å². The largest absolute Gasteiger partial charge is 0.256 e. The van der Waals surface area contributed by atoms with E-state index in [1.807, 2.05) is 18.3 Å². The fourth-order valence-electron chi connectivity index (χ4n) is 8.06. The van der Waals surface area contributed by atoms with Gasteiger partial charge in [0.15, 0.2) is 5.82 Å². The van der Waals surface area contributed by atoms with Crippen molar-refractivity contribution in [3.05, 3.63) is 175 Å². The van der Waals surface area contributed by atoms with Crippen molar-refractivity contribution in [2.75, 3.05) is 0 Å². The van der Waals surface area contributed by atoms with Gasteiger partial charge in [-0.15, -0.1) is 0 Å². The number of hydrogen-bond acceptors (Lipinski definition) is 3. The van der Waals surface area contributed by atoms with Crippen LogP contribution in [0.4, 0.5) is 0 Å². The first kappa shape index (κ1) is 29.5. The van der Waals surface area contributed by atoms with Crippen LogP contribution in [0.1, 0.15) is 25.0 Å². The van der Waals surface area contributed by atoms with Gasteiger partial charge in [0.05, 0.1) is 16.9 Å². The second-order valence-corrected chi connectivity index (χ2v) is 14.1. The Hall–Kier alpha value is -6.45. The van der Waals surface area contributed by atoms with Gasteiger partial charge in [-0.25, -0.2) is 9.97 Å². The number of rotatable bonds is 4. The van der Waals surface area contributed by atoms with Crippen molar-refractivity contribution in [3.63, 3.8) is 0 Å². The Morgan fingerprint density at radius 2 is 1.12 bits per heavy atom. The van der Waals surface area contributed by atoms with E-state index in [-0.39, 0.29) is 5.41 Å². The molecule has 3 heteroatoms. The van der Waals surface area contributed by atoms with Gasteiger partial charge in [0.2, 0.25) is 0 Å². The summed E-state index contributed by atoms with van der Waals surface area (Å²) in [7, 11) is 0. The van der Waals surface area contributed by atoms with Crippen LogP contribution in [0.15, 0.2) is 164 Å². The van der Waals surface area contributed by atoms with Crippen LogP contribution in [0.3, 0.4) is 0 Å². The fourth-order valence-corrected chi connectivity index (χ4v) is 8.06. The molecule has 7 aromatic carbocycles. The van der Waals surface area contributed by atoms with Crippen LogP contribution in [0.2, 0.25) is 0 Å². The first-order valence-corrected chi connectivity index (χ1v) is 17.5. The molecule has 51 heavy (non-hydrogen) atoms. The van der Waals surface area contributed by atoms with Crippen molar-refractivity contribution in [2.24, 2.45) is 0 Å². The number of benzene rings is 7. The number of nitrogens with zero attached hydrogens (tertiary/aromatic N) is 3. The Bertz CT molecular complexity index is 2810. The molecule has 0 aliphatic heterocycles. The lowest BCUT2D eigenvalue weighted by molar-refractivity contribution is 0.661. The number of pyridine rings is 1. The maximum absolute atomic E-state index is 5.19. The molecule has 0 atom stereocenters. The minimum Gasteiger partial charge on any atom is -0.256 e. The lowest BCUT2D eigenvalue weighted by Crippen LogP contribution is -2.14. The molecule has 0 bridgehead atoms. The van der Waals surface area contributed by atoms with Crippen molar-refractivity contribution in [1.29, 1.82) is 0 Å². The van der Waals surface area contributed by atoms with Crippen LogP contribution < -0.4 is 0 Å². The predicted molar refractivity (Wildman–Crippen MR) is 212 cm³/mol. The number of aromatic nitrogens is 3. The molecule has 2 heterocycles. The van der Waals surface area contributed by atoms with Gasteiger partial charge >= 0.3 is 0 Å². The van der Waals surface area contributed by atoms with E-state index >= 15 is 0 Å². The molecule has 1 aliphatic rings. The summed E-state index contributed by atoms with van der Waals surface area (Å²) < 4.78 is 0. The van der Waals surface area contributed by atoms with E-state index in [0.717, 1.165) is 50.1 Å². The third-order valence-electron chi connectivity index (χ3n) is 10.7. The second kappa shape index (κ2) is 11.3. The summed E-state index contributed by atoms with van der Waals surface area (Å²) in [5.74, 6) is 0.702. The first-order valence-electron chi connectivity index (χ1n) is 17.5. The highest BCUT2D eigenvalue weighted by Gasteiger charge is 2.35. The van der Waals surface area contributed by atoms with E-state index in [1.165, 1.54) is 43.8 Å². The summed E-state index contributed by atoms with van der Waals surface area (Å²) in [6.07, 6.45) is 1.84. The summed E-state index contributed by atoms with van der Waals surface area (Å²) >= 11 is 0. The Morgan fingerprint density at radius 1 is 0.412 bits per heavy atom. The minimum atomic E-state index is -0.0200. The molecule has 0 amide bonds. The summed E-state index contributed by atoms with van der Waals surface area (Å²) in [6.45, 7) is 4.68. The first-order chi connectivity index (χ1) is 25.0. The SMILES string of the molecule is CC1(C)c2ccccc2-c2cc3c(ccc4cc(-c5cc(-c6ccccc6)nc(-c6ccc(-c7cccc8ncccc78)cc6)n5)ccc43)cc21. The highest BCUT2D eigenvalue weighted by Crippen LogP contribution is 2.50. The third kappa shape index (κ3) is 4.77. The highest BCUT2D eigenvalue weighted by atomic mass is 14.9. The number of hydrogen-bond donors (Lipinski definition) is 0. The molecule has 10 rings (SSSR count). The Labute approximate surface area is 297 Å². The van der Waals surface area contributed by atoms with E-state index < -0.39 is 0 Å². The summed E-state index contributed by atoms with van der Waals surface area (Å²) in [5, 5.41) is 6.13. The van der Waals surface area contributed by atoms with Crippen molar-refractivity contribution in [3.8, 4) is 56.2 Å². The second-order valence-electron chi connectivity index (χ2n) is 14.1. The van der Waals surface area contributed by atoms with Gasteiger partial charge in [0, 0.05) is 33.7 Å². The molecule has 0 saturated heterocycles. The average molecular weight is 652 g/mol. The van der Waals surface area contributed by atoms with Gasteiger partial charge in [-0.3, -0.25) is 4.98 Å². The molecule has 9 aromatic rings. The van der Waals surface area contributed by atoms with Crippen molar-refractivity contribution < 1.29 is 0 Å². The summed E-state index contributed by atoms with van der Waals surface area (Å²) in [5.41, 5.74) is 13.6. The molecule has 0 fully saturated rings. The lowest BCUT2D eigenvalue weighted by Gasteiger charge is -2.21. The molecule has 0 spiro atoms. The molecular formula is C48H33N3. The van der Waals surface area contributed by atoms with Crippen LogP contribution in [0, 0.1) is 0 Å². The van der Waals surface area contributed by atoms with Crippen LogP contribution in [0.5, 0.6) is 0 Å². The molecule has 0 radical (unpaired) electrons. The monoisotopic (exact) mass is 651 g/mol. The molecule has 1 aliphatic carbocycles. The van der Waals surface area contributed by atoms with E-state index in [9.17, 15) is 0 Å². The van der Waals surface area contributed by atoms with Gasteiger partial charge in [0.1, 0.15) is 0 Å². The zero-order valence-corrected chi connectivity index (χ0v) is 28.4. The minimum absolute atomic E-state index is 0.0200. The lowest BCUT2D eigenvalue weighted by atomic mass is 9.81. The average Bonchev–Trinajstić information content (AvgIpc) is 3.42. The van der Waals surface area contributed by atoms with Gasteiger partial charge < -0.3 is 0 Å². The summed E-state index contributed by atoms with van der Waals surface area (Å²) in [4.78, 5) is 14.8. The molecule has 2 aromatic heterocycles. The predicted octanol–water partition coefficient (Wildman–Crippen LogP) is 12.3. The van der Waals surface area contributed by atoms with Crippen LogP contribution in [-0.4, -0.2) is 15.0 Å². The Morgan fingerprint density at radius 3 is 1.96 bits per heavy atom. The van der Waals surface area contributed by atoms with Gasteiger partial charge in [0.25, 0.3) is 0 Å². The van der Waals surface area contributed by atoms with Crippen molar-refractivity contribution >= 4 is 32.4 Å². The van der Waals surface area contributed by atoms with Crippen LogP contribution >= 0.6 is 0 Å². The highest BCUT2D eigenvalue weighted by molar-refractivity contribution is 6.11. The van der Waals surface area contributed by atoms with Gasteiger partial charge in [-0.1, -0.05) is 135 Å². The van der Waals surface area contributed by atoms with E-state index in [2.05, 4.69) is 164 Å². The zero-order chi connectivity index (χ0) is 34.1. The van der Waals surface area contributed by atoms with E-state index in [1.54, 1.807) is 0 Å². The third-order valence-corrected chi connectivity index (χ3v) is 10.7. The maximum Gasteiger partial charge on any atom is 0.160 e. The molecular weight excluding hydrogens is 619 g/mol. The Balaban J connectivity index is 1.09. The standard InChI is InChI=1S/C48H33N3/c1-48(2)42-15-7-6-12-38(42)41-28-40-34(27-43(41)48)22-21-33-26-35(23-24-37(33)40)46-29-45(31-10-4-3-5-11-31)50-47(51-46)32-19-17-30(18-20-32)36-13-8-16-44-39(36)14-9-25-49-44/h3-29H,1-2H3. The van der Waals surface area contributed by atoms with Crippen molar-refractivity contribution in [1.82, 2.24) is 15.0 Å². The number of fused-ring (bicyclic) bond motifs is 7. The van der Waals surface area contributed by atoms with Crippen LogP contribution in [0.25, 0.3) is 88.6 Å². The van der Waals surface area contributed by atoms with Gasteiger partial charge in [-0.05, 0) is 91.3 Å². The molecule has 0 N–H and O–H groups in total. The van der Waals surface area contributed by atoms with Crippen molar-refractivity contribution in [2.45, 2.75) is 19.3 Å². The fraction of sp³-hybridized carbons (Fsp3) is 0.0625. The topological polar surface area (TPSA) is 38.7 Å². The summed E-state index contributed by atoms with van der Waals surface area (Å²) in [6, 6.07) is 56.4. The van der Waals surface area contributed by atoms with E-state index in [0.29, 0.717) is 5.82 Å². The van der Waals surface area contributed by atoms with E-state index in [4.69, 9.17) is 9.97 Å². The maximum atomic E-state index is 5.19. The normalized spacial score (nSPS) is 13.1.